The molecule has 1 aromatic rings. The van der Waals surface area contributed by atoms with Gasteiger partial charge in [0, 0.05) is 0 Å². The third kappa shape index (κ3) is 8.35. The first-order valence-electron chi connectivity index (χ1n) is 13.3. The maximum Gasteiger partial charge on any atom is 0.363 e. The van der Waals surface area contributed by atoms with Crippen LogP contribution in [0.4, 0.5) is 0 Å². The van der Waals surface area contributed by atoms with Crippen LogP contribution >= 0.6 is 30.4 Å². The van der Waals surface area contributed by atoms with Gasteiger partial charge in [-0.3, -0.25) is 18.3 Å². The van der Waals surface area contributed by atoms with E-state index in [0.717, 1.165) is 0 Å². The van der Waals surface area contributed by atoms with E-state index in [1.165, 1.54) is 12.1 Å². The Hall–Kier alpha value is -0.440. The molecule has 0 N–H and O–H groups in total. The molecule has 0 atom stereocenters. The molecule has 12 nitrogen and oxygen atoms in total. The van der Waals surface area contributed by atoms with E-state index >= 15 is 0 Å². The van der Waals surface area contributed by atoms with E-state index in [9.17, 15) is 18.3 Å². The van der Waals surface area contributed by atoms with Gasteiger partial charge in [-0.05, 0) is 67.0 Å². The first kappa shape index (κ1) is 37.6. The second-order valence-corrected chi connectivity index (χ2v) is 15.4. The fourth-order valence-electron chi connectivity index (χ4n) is 3.87. The molecule has 40 heavy (non-hydrogen) atoms. The maximum atomic E-state index is 14.7. The molecule has 0 amide bonds. The van der Waals surface area contributed by atoms with Crippen molar-refractivity contribution < 1.29 is 54.5 Å². The van der Waals surface area contributed by atoms with Crippen molar-refractivity contribution in [2.75, 3.05) is 52.9 Å². The summed E-state index contributed by atoms with van der Waals surface area (Å²) in [5.41, 5.74) is 0.0396. The molecule has 16 heteroatoms. The average Bonchev–Trinajstić information content (AvgIpc) is 2.88. The quantitative estimate of drug-likeness (QED) is 0.147. The van der Waals surface area contributed by atoms with Gasteiger partial charge in [0.25, 0.3) is 0 Å². The second kappa shape index (κ2) is 17.0. The van der Waals surface area contributed by atoms with E-state index in [1.54, 1.807) is 55.4 Å². The van der Waals surface area contributed by atoms with Gasteiger partial charge < -0.3 is 36.2 Å². The molecule has 232 valence electrons. The molecule has 1 aromatic carbocycles. The molecular weight excluding hydrogens is 604 g/mol. The summed E-state index contributed by atoms with van der Waals surface area (Å²) in [6.07, 6.45) is 1.29. The minimum absolute atomic E-state index is 0.0396. The molecule has 0 aliphatic carbocycles. The standard InChI is InChI=1S/C24H44O12P4/c1-10-20-19-21(37(25,29-11-2)30-12-3)23(39(27,33-15-6)34-16-7)24(40(28,35-17-8)36-18-9)22(20)38(26,31-13-4)32-14-5/h10,19H,1,11-18H2,2-9H3. The lowest BCUT2D eigenvalue weighted by atomic mass is 10.2. The average molecular weight is 649 g/mol. The van der Waals surface area contributed by atoms with Crippen LogP contribution in [0, 0.1) is 0 Å². The molecule has 0 radical (unpaired) electrons. The van der Waals surface area contributed by atoms with Crippen LogP contribution in [0.15, 0.2) is 12.6 Å². The van der Waals surface area contributed by atoms with Crippen LogP contribution in [0.3, 0.4) is 0 Å². The third-order valence-corrected chi connectivity index (χ3v) is 14.3. The van der Waals surface area contributed by atoms with Gasteiger partial charge in [0.15, 0.2) is 0 Å². The number of benzene rings is 1. The van der Waals surface area contributed by atoms with Crippen LogP contribution in [0.2, 0.25) is 0 Å². The molecule has 0 unspecified atom stereocenters. The SMILES string of the molecule is C=Cc1cc(P(=O)(OCC)OCC)c(P(=O)(OCC)OCC)c(P(=O)(OCC)OCC)c1P(=O)(OCC)OCC. The summed E-state index contributed by atoms with van der Waals surface area (Å²) in [5, 5.41) is -1.51. The molecule has 0 aliphatic heterocycles. The lowest BCUT2D eigenvalue weighted by Crippen LogP contribution is -2.48. The van der Waals surface area contributed by atoms with E-state index < -0.39 is 41.0 Å². The lowest BCUT2D eigenvalue weighted by molar-refractivity contribution is 0.223. The van der Waals surface area contributed by atoms with E-state index in [1.807, 2.05) is 0 Å². The van der Waals surface area contributed by atoms with E-state index in [4.69, 9.17) is 36.2 Å². The molecule has 0 aromatic heterocycles. The van der Waals surface area contributed by atoms with Gasteiger partial charge in [-0.2, -0.15) is 0 Å². The van der Waals surface area contributed by atoms with E-state index in [-0.39, 0.29) is 69.0 Å². The van der Waals surface area contributed by atoms with Crippen LogP contribution in [-0.4, -0.2) is 52.9 Å². The van der Waals surface area contributed by atoms with Gasteiger partial charge in [-0.15, -0.1) is 0 Å². The molecule has 0 saturated carbocycles. The molecule has 0 saturated heterocycles. The van der Waals surface area contributed by atoms with Gasteiger partial charge in [-0.1, -0.05) is 12.7 Å². The van der Waals surface area contributed by atoms with Crippen LogP contribution in [0.1, 0.15) is 61.0 Å². The maximum absolute atomic E-state index is 14.7. The third-order valence-electron chi connectivity index (χ3n) is 4.99. The summed E-state index contributed by atoms with van der Waals surface area (Å²) in [6, 6.07) is 1.28. The highest BCUT2D eigenvalue weighted by Crippen LogP contribution is 2.59. The summed E-state index contributed by atoms with van der Waals surface area (Å²) < 4.78 is 103. The molecule has 0 bridgehead atoms. The Morgan fingerprint density at radius 1 is 0.500 bits per heavy atom. The van der Waals surface area contributed by atoms with Crippen molar-refractivity contribution in [3.63, 3.8) is 0 Å². The van der Waals surface area contributed by atoms with Crippen molar-refractivity contribution in [2.45, 2.75) is 55.4 Å². The highest BCUT2D eigenvalue weighted by atomic mass is 31.2. The van der Waals surface area contributed by atoms with Crippen molar-refractivity contribution in [3.8, 4) is 0 Å². The molecular formula is C24H44O12P4. The zero-order valence-electron chi connectivity index (χ0n) is 24.7. The van der Waals surface area contributed by atoms with Crippen LogP contribution < -0.4 is 21.2 Å². The fraction of sp³-hybridized carbons (Fsp3) is 0.667. The van der Waals surface area contributed by atoms with Gasteiger partial charge >= 0.3 is 30.4 Å². The largest absolute Gasteiger partial charge is 0.363 e. The highest BCUT2D eigenvalue weighted by molar-refractivity contribution is 7.74. The van der Waals surface area contributed by atoms with E-state index in [0.29, 0.717) is 0 Å². The number of hydrogen-bond acceptors (Lipinski definition) is 12. The Morgan fingerprint density at radius 2 is 0.775 bits per heavy atom. The fourth-order valence-corrected chi connectivity index (χ4v) is 13.3. The molecule has 0 fully saturated rings. The van der Waals surface area contributed by atoms with Crippen LogP contribution in [-0.2, 0) is 54.5 Å². The summed E-state index contributed by atoms with van der Waals surface area (Å²) in [5.74, 6) is 0. The summed E-state index contributed by atoms with van der Waals surface area (Å²) in [4.78, 5) is 0. The predicted molar refractivity (Wildman–Crippen MR) is 159 cm³/mol. The zero-order valence-corrected chi connectivity index (χ0v) is 28.3. The summed E-state index contributed by atoms with van der Waals surface area (Å²) >= 11 is 0. The van der Waals surface area contributed by atoms with Gasteiger partial charge in [-0.25, -0.2) is 0 Å². The topological polar surface area (TPSA) is 142 Å². The first-order chi connectivity index (χ1) is 18.9. The Kier molecular flexibility index (Phi) is 16.0. The minimum atomic E-state index is -4.55. The van der Waals surface area contributed by atoms with Crippen LogP contribution in [0.5, 0.6) is 0 Å². The van der Waals surface area contributed by atoms with Crippen molar-refractivity contribution in [1.82, 2.24) is 0 Å². The van der Waals surface area contributed by atoms with Gasteiger partial charge in [0.2, 0.25) is 0 Å². The smallest absolute Gasteiger partial charge is 0.305 e. The zero-order chi connectivity index (χ0) is 30.6. The van der Waals surface area contributed by atoms with E-state index in [2.05, 4.69) is 6.58 Å². The van der Waals surface area contributed by atoms with Crippen molar-refractivity contribution in [3.05, 3.63) is 18.2 Å². The van der Waals surface area contributed by atoms with Gasteiger partial charge in [0.05, 0.1) is 74.1 Å². The second-order valence-electron chi connectivity index (χ2n) is 7.57. The minimum Gasteiger partial charge on any atom is -0.305 e. The van der Waals surface area contributed by atoms with Crippen LogP contribution in [0.25, 0.3) is 6.08 Å². The summed E-state index contributed by atoms with van der Waals surface area (Å²) in [6.45, 7) is 15.8. The lowest BCUT2D eigenvalue weighted by Gasteiger charge is -2.32. The Morgan fingerprint density at radius 3 is 1.07 bits per heavy atom. The van der Waals surface area contributed by atoms with Crippen molar-refractivity contribution in [2.24, 2.45) is 0 Å². The molecule has 1 rings (SSSR count). The Balaban J connectivity index is 4.86. The number of hydrogen-bond donors (Lipinski definition) is 0. The number of rotatable bonds is 21. The first-order valence-corrected chi connectivity index (χ1v) is 19.5. The van der Waals surface area contributed by atoms with Crippen molar-refractivity contribution >= 4 is 57.7 Å². The predicted octanol–water partition coefficient (Wildman–Crippen LogP) is 5.90. The van der Waals surface area contributed by atoms with Gasteiger partial charge in [0.1, 0.15) is 0 Å². The highest BCUT2D eigenvalue weighted by Gasteiger charge is 2.51. The molecule has 0 spiro atoms. The summed E-state index contributed by atoms with van der Waals surface area (Å²) in [7, 11) is -17.7. The molecule has 0 aliphatic rings. The Bertz CT molecular complexity index is 1130. The monoisotopic (exact) mass is 648 g/mol. The Labute approximate surface area is 238 Å². The normalized spacial score (nSPS) is 13.1. The van der Waals surface area contributed by atoms with Crippen molar-refractivity contribution in [1.29, 1.82) is 0 Å². The molecule has 0 heterocycles.